The topological polar surface area (TPSA) is 37.8 Å². The largest absolute Gasteiger partial charge is 0.309 e. The van der Waals surface area contributed by atoms with Gasteiger partial charge in [0.05, 0.1) is 29.0 Å². The molecule has 2 aromatic rings. The Morgan fingerprint density at radius 3 is 2.74 bits per heavy atom. The van der Waals surface area contributed by atoms with Gasteiger partial charge in [0, 0.05) is 0 Å². The molecule has 0 fully saturated rings. The van der Waals surface area contributed by atoms with E-state index in [1.807, 2.05) is 30.5 Å². The highest BCUT2D eigenvalue weighted by Crippen LogP contribution is 2.20. The minimum Gasteiger partial charge on any atom is -0.309 e. The highest BCUT2D eigenvalue weighted by molar-refractivity contribution is 5.73. The highest BCUT2D eigenvalue weighted by Gasteiger charge is 2.12. The molecule has 0 saturated carbocycles. The maximum atomic E-state index is 4.72. The summed E-state index contributed by atoms with van der Waals surface area (Å²) >= 11 is 0. The smallest absolute Gasteiger partial charge is 0.0890 e. The second-order valence-electron chi connectivity index (χ2n) is 4.89. The Balaban J connectivity index is 2.24. The van der Waals surface area contributed by atoms with E-state index < -0.39 is 0 Å². The van der Waals surface area contributed by atoms with Gasteiger partial charge in [0.15, 0.2) is 0 Å². The molecular formula is C16H21N3. The molecule has 0 bridgehead atoms. The quantitative estimate of drug-likeness (QED) is 0.801. The highest BCUT2D eigenvalue weighted by atomic mass is 14.9. The Kier molecular flexibility index (Phi) is 4.63. The van der Waals surface area contributed by atoms with Crippen LogP contribution in [0.25, 0.3) is 11.0 Å². The van der Waals surface area contributed by atoms with Gasteiger partial charge < -0.3 is 5.32 Å². The fraction of sp³-hybridized carbons (Fsp3) is 0.375. The van der Waals surface area contributed by atoms with Crippen LogP contribution in [-0.4, -0.2) is 16.5 Å². The minimum atomic E-state index is 0.249. The number of para-hydroxylation sites is 2. The van der Waals surface area contributed by atoms with E-state index in [1.54, 1.807) is 0 Å². The number of fused-ring (bicyclic) bond motifs is 1. The van der Waals surface area contributed by atoms with Crippen LogP contribution in [0.4, 0.5) is 0 Å². The van der Waals surface area contributed by atoms with Gasteiger partial charge in [-0.1, -0.05) is 24.6 Å². The Morgan fingerprint density at radius 1 is 1.32 bits per heavy atom. The van der Waals surface area contributed by atoms with Crippen molar-refractivity contribution >= 4 is 11.0 Å². The zero-order valence-corrected chi connectivity index (χ0v) is 11.7. The van der Waals surface area contributed by atoms with Crippen molar-refractivity contribution in [1.82, 2.24) is 15.3 Å². The predicted octanol–water partition coefficient (Wildman–Crippen LogP) is 3.64. The van der Waals surface area contributed by atoms with Crippen molar-refractivity contribution in [3.63, 3.8) is 0 Å². The van der Waals surface area contributed by atoms with Crippen molar-refractivity contribution in [3.8, 4) is 0 Å². The van der Waals surface area contributed by atoms with E-state index in [-0.39, 0.29) is 6.04 Å². The summed E-state index contributed by atoms with van der Waals surface area (Å²) in [6.45, 7) is 9.07. The summed E-state index contributed by atoms with van der Waals surface area (Å²) in [6.07, 6.45) is 3.90. The standard InChI is InChI=1S/C16H21N3/c1-4-17-14(10-9-12(2)3)16-11-18-13-7-5-6-8-15(13)19-16/h5-8,11,14,17H,2,4,9-10H2,1,3H3. The third-order valence-electron chi connectivity index (χ3n) is 3.13. The number of rotatable bonds is 6. The average Bonchev–Trinajstić information content (AvgIpc) is 2.42. The third-order valence-corrected chi connectivity index (χ3v) is 3.13. The van der Waals surface area contributed by atoms with Gasteiger partial charge in [0.2, 0.25) is 0 Å². The summed E-state index contributed by atoms with van der Waals surface area (Å²) in [5.41, 5.74) is 4.12. The van der Waals surface area contributed by atoms with E-state index in [9.17, 15) is 0 Å². The minimum absolute atomic E-state index is 0.249. The average molecular weight is 255 g/mol. The molecule has 1 unspecified atom stereocenters. The molecule has 0 aliphatic rings. The summed E-state index contributed by atoms with van der Waals surface area (Å²) in [4.78, 5) is 9.20. The molecular weight excluding hydrogens is 234 g/mol. The van der Waals surface area contributed by atoms with E-state index in [4.69, 9.17) is 4.98 Å². The van der Waals surface area contributed by atoms with E-state index >= 15 is 0 Å². The molecule has 0 radical (unpaired) electrons. The van der Waals surface area contributed by atoms with Gasteiger partial charge in [0.25, 0.3) is 0 Å². The van der Waals surface area contributed by atoms with Gasteiger partial charge >= 0.3 is 0 Å². The van der Waals surface area contributed by atoms with Gasteiger partial charge in [-0.15, -0.1) is 6.58 Å². The van der Waals surface area contributed by atoms with Crippen LogP contribution in [0.5, 0.6) is 0 Å². The van der Waals surface area contributed by atoms with Gasteiger partial charge in [-0.05, 0) is 38.4 Å². The fourth-order valence-corrected chi connectivity index (χ4v) is 2.13. The first-order valence-corrected chi connectivity index (χ1v) is 6.80. The van der Waals surface area contributed by atoms with Crippen LogP contribution in [0.1, 0.15) is 38.4 Å². The van der Waals surface area contributed by atoms with Crippen LogP contribution < -0.4 is 5.32 Å². The van der Waals surface area contributed by atoms with E-state index in [0.717, 1.165) is 36.1 Å². The molecule has 0 aliphatic heterocycles. The number of nitrogens with one attached hydrogen (secondary N) is 1. The van der Waals surface area contributed by atoms with Gasteiger partial charge in [-0.3, -0.25) is 4.98 Å². The summed E-state index contributed by atoms with van der Waals surface area (Å²) in [5, 5.41) is 3.48. The van der Waals surface area contributed by atoms with E-state index in [2.05, 4.69) is 30.7 Å². The SMILES string of the molecule is C=C(C)CCC(NCC)c1cnc2ccccc2n1. The first-order chi connectivity index (χ1) is 9.20. The normalized spacial score (nSPS) is 12.5. The summed E-state index contributed by atoms with van der Waals surface area (Å²) in [6, 6.07) is 8.23. The van der Waals surface area contributed by atoms with Crippen LogP contribution in [0.3, 0.4) is 0 Å². The molecule has 1 N–H and O–H groups in total. The van der Waals surface area contributed by atoms with Gasteiger partial charge in [0.1, 0.15) is 0 Å². The Hall–Kier alpha value is -1.74. The molecule has 2 rings (SSSR count). The number of allylic oxidation sites excluding steroid dienone is 1. The lowest BCUT2D eigenvalue weighted by atomic mass is 10.0. The van der Waals surface area contributed by atoms with Gasteiger partial charge in [-0.25, -0.2) is 4.98 Å². The third kappa shape index (κ3) is 3.61. The van der Waals surface area contributed by atoms with E-state index in [0.29, 0.717) is 0 Å². The monoisotopic (exact) mass is 255 g/mol. The number of aromatic nitrogens is 2. The summed E-state index contributed by atoms with van der Waals surface area (Å²) < 4.78 is 0. The van der Waals surface area contributed by atoms with Crippen molar-refractivity contribution in [2.45, 2.75) is 32.7 Å². The first kappa shape index (κ1) is 13.7. The zero-order valence-electron chi connectivity index (χ0n) is 11.7. The Morgan fingerprint density at radius 2 is 2.05 bits per heavy atom. The Labute approximate surface area is 114 Å². The number of nitrogens with zero attached hydrogens (tertiary/aromatic N) is 2. The number of hydrogen-bond acceptors (Lipinski definition) is 3. The second kappa shape index (κ2) is 6.43. The lowest BCUT2D eigenvalue weighted by Crippen LogP contribution is -2.22. The summed E-state index contributed by atoms with van der Waals surface area (Å²) in [5.74, 6) is 0. The second-order valence-corrected chi connectivity index (χ2v) is 4.89. The predicted molar refractivity (Wildman–Crippen MR) is 80.0 cm³/mol. The molecule has 100 valence electrons. The van der Waals surface area contributed by atoms with Crippen molar-refractivity contribution < 1.29 is 0 Å². The van der Waals surface area contributed by atoms with Crippen molar-refractivity contribution in [1.29, 1.82) is 0 Å². The van der Waals surface area contributed by atoms with Crippen molar-refractivity contribution in [3.05, 3.63) is 48.3 Å². The molecule has 0 amide bonds. The zero-order chi connectivity index (χ0) is 13.7. The number of hydrogen-bond donors (Lipinski definition) is 1. The van der Waals surface area contributed by atoms with Crippen LogP contribution >= 0.6 is 0 Å². The molecule has 1 aromatic carbocycles. The molecule has 0 spiro atoms. The molecule has 1 atom stereocenters. The molecule has 1 aromatic heterocycles. The molecule has 0 aliphatic carbocycles. The fourth-order valence-electron chi connectivity index (χ4n) is 2.13. The lowest BCUT2D eigenvalue weighted by Gasteiger charge is -2.17. The molecule has 1 heterocycles. The maximum Gasteiger partial charge on any atom is 0.0890 e. The van der Waals surface area contributed by atoms with Crippen molar-refractivity contribution in [2.24, 2.45) is 0 Å². The maximum absolute atomic E-state index is 4.72. The molecule has 19 heavy (non-hydrogen) atoms. The first-order valence-electron chi connectivity index (χ1n) is 6.80. The number of benzene rings is 1. The Bertz CT molecular complexity index is 563. The molecule has 3 nitrogen and oxygen atoms in total. The van der Waals surface area contributed by atoms with Crippen LogP contribution in [0.15, 0.2) is 42.6 Å². The summed E-state index contributed by atoms with van der Waals surface area (Å²) in [7, 11) is 0. The lowest BCUT2D eigenvalue weighted by molar-refractivity contribution is 0.503. The van der Waals surface area contributed by atoms with Crippen molar-refractivity contribution in [2.75, 3.05) is 6.54 Å². The molecule has 0 saturated heterocycles. The molecule has 3 heteroatoms. The van der Waals surface area contributed by atoms with E-state index in [1.165, 1.54) is 5.57 Å². The van der Waals surface area contributed by atoms with Crippen LogP contribution in [-0.2, 0) is 0 Å². The van der Waals surface area contributed by atoms with Crippen LogP contribution in [0.2, 0.25) is 0 Å². The van der Waals surface area contributed by atoms with Crippen LogP contribution in [0, 0.1) is 0 Å². The van der Waals surface area contributed by atoms with Gasteiger partial charge in [-0.2, -0.15) is 0 Å².